The van der Waals surface area contributed by atoms with Crippen LogP contribution in [0.2, 0.25) is 0 Å². The number of hydrogen-bond acceptors (Lipinski definition) is 3. The van der Waals surface area contributed by atoms with Gasteiger partial charge in [-0.3, -0.25) is 20.4 Å². The number of halogens is 1. The Morgan fingerprint density at radius 3 is 2.35 bits per heavy atom. The Bertz CT molecular complexity index is 689. The zero-order chi connectivity index (χ0) is 16.7. The molecule has 23 heavy (non-hydrogen) atoms. The highest BCUT2D eigenvalue weighted by atomic mass is 32.2. The van der Waals surface area contributed by atoms with Crippen molar-refractivity contribution in [3.63, 3.8) is 0 Å². The standard InChI is InChI=1S/C17H17FN2O2S/c1-12-4-2-3-5-15(12)23-11-17(22)20-19-16(21)10-13-6-8-14(18)9-7-13/h2-9H,10-11H2,1H3,(H,19,21)(H,20,22). The first-order valence-corrected chi connectivity index (χ1v) is 8.04. The Balaban J connectivity index is 1.72. The maximum atomic E-state index is 12.8. The molecular formula is C17H17FN2O2S. The Morgan fingerprint density at radius 1 is 1.00 bits per heavy atom. The summed E-state index contributed by atoms with van der Waals surface area (Å²) >= 11 is 1.41. The molecule has 6 heteroatoms. The molecule has 2 N–H and O–H groups in total. The number of carbonyl (C=O) groups is 2. The van der Waals surface area contributed by atoms with Crippen LogP contribution in [0.5, 0.6) is 0 Å². The van der Waals surface area contributed by atoms with Crippen molar-refractivity contribution in [3.8, 4) is 0 Å². The fraction of sp³-hybridized carbons (Fsp3) is 0.176. The van der Waals surface area contributed by atoms with Crippen molar-refractivity contribution < 1.29 is 14.0 Å². The molecule has 0 atom stereocenters. The minimum Gasteiger partial charge on any atom is -0.273 e. The van der Waals surface area contributed by atoms with Crippen molar-refractivity contribution in [2.45, 2.75) is 18.2 Å². The molecular weight excluding hydrogens is 315 g/mol. The first kappa shape index (κ1) is 17.0. The van der Waals surface area contributed by atoms with Crippen LogP contribution in [0.25, 0.3) is 0 Å². The van der Waals surface area contributed by atoms with Gasteiger partial charge in [0.05, 0.1) is 12.2 Å². The van der Waals surface area contributed by atoms with Gasteiger partial charge in [-0.05, 0) is 36.2 Å². The van der Waals surface area contributed by atoms with Crippen molar-refractivity contribution in [1.82, 2.24) is 10.9 Å². The molecule has 0 fully saturated rings. The quantitative estimate of drug-likeness (QED) is 0.654. The summed E-state index contributed by atoms with van der Waals surface area (Å²) in [6, 6.07) is 13.4. The highest BCUT2D eigenvalue weighted by Crippen LogP contribution is 2.21. The molecule has 0 unspecified atom stereocenters. The van der Waals surface area contributed by atoms with Crippen LogP contribution in [-0.2, 0) is 16.0 Å². The summed E-state index contributed by atoms with van der Waals surface area (Å²) in [6.07, 6.45) is 0.0749. The normalized spacial score (nSPS) is 10.2. The van der Waals surface area contributed by atoms with E-state index in [0.717, 1.165) is 10.5 Å². The lowest BCUT2D eigenvalue weighted by Gasteiger charge is -2.08. The lowest BCUT2D eigenvalue weighted by Crippen LogP contribution is -2.43. The molecule has 0 spiro atoms. The Hall–Kier alpha value is -2.34. The smallest absolute Gasteiger partial charge is 0.248 e. The van der Waals surface area contributed by atoms with Gasteiger partial charge < -0.3 is 0 Å². The molecule has 0 saturated heterocycles. The number of carbonyl (C=O) groups excluding carboxylic acids is 2. The van der Waals surface area contributed by atoms with E-state index < -0.39 is 0 Å². The fourth-order valence-electron chi connectivity index (χ4n) is 1.87. The first-order valence-electron chi connectivity index (χ1n) is 7.05. The number of nitrogens with one attached hydrogen (secondary N) is 2. The van der Waals surface area contributed by atoms with Crippen LogP contribution >= 0.6 is 11.8 Å². The second-order valence-corrected chi connectivity index (χ2v) is 5.97. The molecule has 0 aliphatic carbocycles. The van der Waals surface area contributed by atoms with E-state index in [2.05, 4.69) is 10.9 Å². The molecule has 2 aromatic rings. The van der Waals surface area contributed by atoms with E-state index in [1.165, 1.54) is 36.0 Å². The SMILES string of the molecule is Cc1ccccc1SCC(=O)NNC(=O)Cc1ccc(F)cc1. The highest BCUT2D eigenvalue weighted by molar-refractivity contribution is 8.00. The predicted octanol–water partition coefficient (Wildman–Crippen LogP) is 2.62. The second-order valence-electron chi connectivity index (χ2n) is 4.95. The molecule has 2 amide bonds. The van der Waals surface area contributed by atoms with E-state index in [9.17, 15) is 14.0 Å². The van der Waals surface area contributed by atoms with E-state index in [1.807, 2.05) is 31.2 Å². The van der Waals surface area contributed by atoms with Crippen LogP contribution in [0, 0.1) is 12.7 Å². The largest absolute Gasteiger partial charge is 0.273 e. The van der Waals surface area contributed by atoms with Crippen LogP contribution in [-0.4, -0.2) is 17.6 Å². The minimum absolute atomic E-state index is 0.0749. The van der Waals surface area contributed by atoms with Gasteiger partial charge in [-0.15, -0.1) is 11.8 Å². The van der Waals surface area contributed by atoms with Crippen LogP contribution in [0.4, 0.5) is 4.39 Å². The average molecular weight is 332 g/mol. The lowest BCUT2D eigenvalue weighted by molar-refractivity contribution is -0.127. The molecule has 0 saturated carbocycles. The van der Waals surface area contributed by atoms with Gasteiger partial charge in [-0.1, -0.05) is 30.3 Å². The fourth-order valence-corrected chi connectivity index (χ4v) is 2.70. The van der Waals surface area contributed by atoms with Gasteiger partial charge in [0.15, 0.2) is 0 Å². The van der Waals surface area contributed by atoms with Crippen molar-refractivity contribution in [2.24, 2.45) is 0 Å². The Labute approximate surface area is 138 Å². The topological polar surface area (TPSA) is 58.2 Å². The summed E-state index contributed by atoms with van der Waals surface area (Å²) < 4.78 is 12.8. The first-order chi connectivity index (χ1) is 11.0. The molecule has 0 aliphatic rings. The van der Waals surface area contributed by atoms with Gasteiger partial charge in [0.25, 0.3) is 0 Å². The van der Waals surface area contributed by atoms with E-state index in [0.29, 0.717) is 5.56 Å². The van der Waals surface area contributed by atoms with Crippen LogP contribution in [0.3, 0.4) is 0 Å². The number of thioether (sulfide) groups is 1. The number of hydrogen-bond donors (Lipinski definition) is 2. The molecule has 0 aliphatic heterocycles. The predicted molar refractivity (Wildman–Crippen MR) is 88.3 cm³/mol. The van der Waals surface area contributed by atoms with Crippen LogP contribution < -0.4 is 10.9 Å². The summed E-state index contributed by atoms with van der Waals surface area (Å²) in [6.45, 7) is 1.98. The molecule has 2 aromatic carbocycles. The third-order valence-electron chi connectivity index (χ3n) is 3.07. The van der Waals surface area contributed by atoms with Gasteiger partial charge in [0.2, 0.25) is 11.8 Å². The van der Waals surface area contributed by atoms with Gasteiger partial charge in [-0.2, -0.15) is 0 Å². The van der Waals surface area contributed by atoms with Crippen molar-refractivity contribution in [2.75, 3.05) is 5.75 Å². The summed E-state index contributed by atoms with van der Waals surface area (Å²) in [4.78, 5) is 24.5. The van der Waals surface area contributed by atoms with Crippen LogP contribution in [0.1, 0.15) is 11.1 Å². The van der Waals surface area contributed by atoms with Crippen molar-refractivity contribution in [1.29, 1.82) is 0 Å². The van der Waals surface area contributed by atoms with Crippen molar-refractivity contribution >= 4 is 23.6 Å². The lowest BCUT2D eigenvalue weighted by atomic mass is 10.1. The average Bonchev–Trinajstić information content (AvgIpc) is 2.54. The molecule has 0 bridgehead atoms. The molecule has 2 rings (SSSR count). The van der Waals surface area contributed by atoms with E-state index in [-0.39, 0.29) is 29.8 Å². The number of aryl methyl sites for hydroxylation is 1. The van der Waals surface area contributed by atoms with Gasteiger partial charge in [0.1, 0.15) is 5.82 Å². The van der Waals surface area contributed by atoms with Gasteiger partial charge >= 0.3 is 0 Å². The van der Waals surface area contributed by atoms with Crippen molar-refractivity contribution in [3.05, 3.63) is 65.5 Å². The van der Waals surface area contributed by atoms with Crippen LogP contribution in [0.15, 0.2) is 53.4 Å². The summed E-state index contributed by atoms with van der Waals surface area (Å²) in [7, 11) is 0. The highest BCUT2D eigenvalue weighted by Gasteiger charge is 2.07. The number of rotatable bonds is 5. The monoisotopic (exact) mass is 332 g/mol. The third-order valence-corrected chi connectivity index (χ3v) is 4.25. The van der Waals surface area contributed by atoms with E-state index in [4.69, 9.17) is 0 Å². The van der Waals surface area contributed by atoms with Gasteiger partial charge in [-0.25, -0.2) is 4.39 Å². The molecule has 4 nitrogen and oxygen atoms in total. The number of amides is 2. The Morgan fingerprint density at radius 2 is 1.65 bits per heavy atom. The third kappa shape index (κ3) is 5.75. The maximum Gasteiger partial charge on any atom is 0.248 e. The number of benzene rings is 2. The van der Waals surface area contributed by atoms with E-state index >= 15 is 0 Å². The summed E-state index contributed by atoms with van der Waals surface area (Å²) in [5.74, 6) is -0.783. The summed E-state index contributed by atoms with van der Waals surface area (Å²) in [5, 5.41) is 0. The minimum atomic E-state index is -0.356. The zero-order valence-corrected chi connectivity index (χ0v) is 13.5. The zero-order valence-electron chi connectivity index (χ0n) is 12.6. The molecule has 0 heterocycles. The molecule has 0 aromatic heterocycles. The number of hydrazine groups is 1. The molecule has 0 radical (unpaired) electrons. The van der Waals surface area contributed by atoms with E-state index in [1.54, 1.807) is 0 Å². The maximum absolute atomic E-state index is 12.8. The summed E-state index contributed by atoms with van der Waals surface area (Å²) in [5.41, 5.74) is 6.50. The second kappa shape index (κ2) is 8.33. The Kier molecular flexibility index (Phi) is 6.17. The van der Waals surface area contributed by atoms with Gasteiger partial charge in [0, 0.05) is 4.90 Å². The molecule has 120 valence electrons.